The van der Waals surface area contributed by atoms with Crippen LogP contribution in [0, 0.1) is 12.7 Å². The maximum atomic E-state index is 14.2. The highest BCUT2D eigenvalue weighted by Gasteiger charge is 2.25. The number of thiophene rings is 1. The van der Waals surface area contributed by atoms with Crippen molar-refractivity contribution in [2.24, 2.45) is 0 Å². The van der Waals surface area contributed by atoms with Gasteiger partial charge in [0.05, 0.1) is 13.2 Å². The van der Waals surface area contributed by atoms with Gasteiger partial charge >= 0.3 is 0 Å². The van der Waals surface area contributed by atoms with Crippen LogP contribution in [0.4, 0.5) is 4.39 Å². The first-order valence-electron chi connectivity index (χ1n) is 8.03. The molecular weight excluding hydrogens is 311 g/mol. The van der Waals surface area contributed by atoms with Gasteiger partial charge in [-0.05, 0) is 49.7 Å². The first kappa shape index (κ1) is 16.4. The maximum Gasteiger partial charge on any atom is 0.165 e. The molecule has 1 aromatic carbocycles. The summed E-state index contributed by atoms with van der Waals surface area (Å²) < 4.78 is 19.3. The largest absolute Gasteiger partial charge is 0.494 e. The van der Waals surface area contributed by atoms with E-state index in [-0.39, 0.29) is 11.9 Å². The van der Waals surface area contributed by atoms with Gasteiger partial charge in [-0.15, -0.1) is 11.3 Å². The van der Waals surface area contributed by atoms with Crippen molar-refractivity contribution in [1.82, 2.24) is 10.2 Å². The number of methoxy groups -OCH3 is 1. The van der Waals surface area contributed by atoms with Crippen LogP contribution in [0.15, 0.2) is 30.3 Å². The van der Waals surface area contributed by atoms with Crippen LogP contribution in [0.3, 0.4) is 0 Å². The number of rotatable bonds is 4. The summed E-state index contributed by atoms with van der Waals surface area (Å²) in [6.45, 7) is 6.12. The van der Waals surface area contributed by atoms with Gasteiger partial charge in [-0.3, -0.25) is 4.90 Å². The van der Waals surface area contributed by atoms with E-state index in [0.717, 1.165) is 38.2 Å². The summed E-state index contributed by atoms with van der Waals surface area (Å²) in [6, 6.07) is 9.76. The van der Waals surface area contributed by atoms with E-state index in [9.17, 15) is 4.39 Å². The topological polar surface area (TPSA) is 24.5 Å². The molecule has 1 aliphatic heterocycles. The summed E-state index contributed by atoms with van der Waals surface area (Å²) in [4.78, 5) is 5.01. The minimum atomic E-state index is -0.295. The van der Waals surface area contributed by atoms with Gasteiger partial charge in [0, 0.05) is 29.4 Å². The third-order valence-corrected chi connectivity index (χ3v) is 5.32. The fourth-order valence-electron chi connectivity index (χ4n) is 3.13. The molecule has 0 radical (unpaired) electrons. The predicted molar refractivity (Wildman–Crippen MR) is 92.9 cm³/mol. The molecule has 1 aromatic heterocycles. The monoisotopic (exact) mass is 334 g/mol. The normalized spacial score (nSPS) is 17.7. The highest BCUT2D eigenvalue weighted by atomic mass is 32.1. The number of ether oxygens (including phenoxy) is 1. The standard InChI is InChI=1S/C18H23FN2OS/c1-13-4-7-17(23-13)18(21-10-3-8-20-9-11-21)14-5-6-16(22-2)15(19)12-14/h4-7,12,18,20H,3,8-11H2,1-2H3. The Kier molecular flexibility index (Phi) is 5.30. The van der Waals surface area contributed by atoms with Crippen LogP contribution in [0.1, 0.15) is 27.8 Å². The van der Waals surface area contributed by atoms with Crippen molar-refractivity contribution >= 4 is 11.3 Å². The Hall–Kier alpha value is -1.43. The van der Waals surface area contributed by atoms with Crippen molar-refractivity contribution in [3.8, 4) is 5.75 Å². The number of nitrogens with one attached hydrogen (secondary N) is 1. The number of benzene rings is 1. The average molecular weight is 334 g/mol. The van der Waals surface area contributed by atoms with Crippen molar-refractivity contribution in [3.63, 3.8) is 0 Å². The van der Waals surface area contributed by atoms with E-state index in [1.54, 1.807) is 23.5 Å². The molecule has 1 saturated heterocycles. The molecular formula is C18H23FN2OS. The number of nitrogens with zero attached hydrogens (tertiary/aromatic N) is 1. The number of halogens is 1. The molecule has 23 heavy (non-hydrogen) atoms. The van der Waals surface area contributed by atoms with E-state index in [1.807, 2.05) is 6.07 Å². The van der Waals surface area contributed by atoms with Gasteiger partial charge in [0.25, 0.3) is 0 Å². The molecule has 1 N–H and O–H groups in total. The fraction of sp³-hybridized carbons (Fsp3) is 0.444. The fourth-order valence-corrected chi connectivity index (χ4v) is 4.17. The molecule has 2 heterocycles. The second-order valence-corrected chi connectivity index (χ2v) is 7.20. The highest BCUT2D eigenvalue weighted by Crippen LogP contribution is 2.35. The van der Waals surface area contributed by atoms with Crippen LogP contribution < -0.4 is 10.1 Å². The molecule has 1 atom stereocenters. The van der Waals surface area contributed by atoms with Crippen LogP contribution in [-0.2, 0) is 0 Å². The van der Waals surface area contributed by atoms with Crippen LogP contribution in [0.25, 0.3) is 0 Å². The third-order valence-electron chi connectivity index (χ3n) is 4.26. The van der Waals surface area contributed by atoms with Crippen molar-refractivity contribution in [2.75, 3.05) is 33.3 Å². The molecule has 0 bridgehead atoms. The zero-order chi connectivity index (χ0) is 16.2. The van der Waals surface area contributed by atoms with Crippen molar-refractivity contribution in [3.05, 3.63) is 51.5 Å². The molecule has 2 aromatic rings. The van der Waals surface area contributed by atoms with Crippen LogP contribution in [0.2, 0.25) is 0 Å². The number of hydrogen-bond acceptors (Lipinski definition) is 4. The molecule has 0 spiro atoms. The molecule has 0 aliphatic carbocycles. The van der Waals surface area contributed by atoms with E-state index in [0.29, 0.717) is 5.75 Å². The first-order chi connectivity index (χ1) is 11.2. The quantitative estimate of drug-likeness (QED) is 0.925. The Balaban J connectivity index is 1.98. The zero-order valence-corrected chi connectivity index (χ0v) is 14.5. The van der Waals surface area contributed by atoms with E-state index in [4.69, 9.17) is 4.74 Å². The second kappa shape index (κ2) is 7.43. The minimum absolute atomic E-state index is 0.106. The van der Waals surface area contributed by atoms with Gasteiger partial charge in [-0.25, -0.2) is 4.39 Å². The van der Waals surface area contributed by atoms with Gasteiger partial charge in [-0.2, -0.15) is 0 Å². The number of aryl methyl sites for hydroxylation is 1. The third kappa shape index (κ3) is 3.74. The van der Waals surface area contributed by atoms with Gasteiger partial charge in [-0.1, -0.05) is 6.07 Å². The zero-order valence-electron chi connectivity index (χ0n) is 13.6. The van der Waals surface area contributed by atoms with E-state index >= 15 is 0 Å². The SMILES string of the molecule is COc1ccc(C(c2ccc(C)s2)N2CCCNCC2)cc1F. The lowest BCUT2D eigenvalue weighted by Crippen LogP contribution is -2.32. The predicted octanol–water partition coefficient (Wildman–Crippen LogP) is 3.59. The summed E-state index contributed by atoms with van der Waals surface area (Å²) in [7, 11) is 1.50. The Morgan fingerprint density at radius 2 is 2.09 bits per heavy atom. The van der Waals surface area contributed by atoms with E-state index in [2.05, 4.69) is 29.3 Å². The molecule has 5 heteroatoms. The Bertz CT molecular complexity index is 650. The summed E-state index contributed by atoms with van der Waals surface area (Å²) in [5, 5.41) is 3.44. The smallest absolute Gasteiger partial charge is 0.165 e. The number of hydrogen-bond donors (Lipinski definition) is 1. The summed E-state index contributed by atoms with van der Waals surface area (Å²) in [5.74, 6) is 0.00335. The van der Waals surface area contributed by atoms with E-state index in [1.165, 1.54) is 16.9 Å². The van der Waals surface area contributed by atoms with Gasteiger partial charge in [0.2, 0.25) is 0 Å². The van der Waals surface area contributed by atoms with Crippen molar-refractivity contribution in [2.45, 2.75) is 19.4 Å². The molecule has 1 aliphatic rings. The molecule has 1 fully saturated rings. The van der Waals surface area contributed by atoms with Gasteiger partial charge in [0.15, 0.2) is 11.6 Å². The Labute approximate surface area is 141 Å². The minimum Gasteiger partial charge on any atom is -0.494 e. The molecule has 124 valence electrons. The van der Waals surface area contributed by atoms with Crippen LogP contribution >= 0.6 is 11.3 Å². The van der Waals surface area contributed by atoms with Gasteiger partial charge < -0.3 is 10.1 Å². The summed E-state index contributed by atoms with van der Waals surface area (Å²) in [5.41, 5.74) is 0.993. The Morgan fingerprint density at radius 1 is 1.22 bits per heavy atom. The molecule has 1 unspecified atom stereocenters. The van der Waals surface area contributed by atoms with Gasteiger partial charge in [0.1, 0.15) is 0 Å². The molecule has 0 amide bonds. The summed E-state index contributed by atoms with van der Waals surface area (Å²) >= 11 is 1.79. The van der Waals surface area contributed by atoms with Crippen LogP contribution in [-0.4, -0.2) is 38.2 Å². The van der Waals surface area contributed by atoms with E-state index < -0.39 is 0 Å². The average Bonchev–Trinajstić information content (AvgIpc) is 2.80. The molecule has 3 rings (SSSR count). The summed E-state index contributed by atoms with van der Waals surface area (Å²) in [6.07, 6.45) is 1.11. The lowest BCUT2D eigenvalue weighted by Gasteiger charge is -2.30. The lowest BCUT2D eigenvalue weighted by atomic mass is 10.0. The lowest BCUT2D eigenvalue weighted by molar-refractivity contribution is 0.243. The maximum absolute atomic E-state index is 14.2. The molecule has 3 nitrogen and oxygen atoms in total. The second-order valence-electron chi connectivity index (χ2n) is 5.88. The first-order valence-corrected chi connectivity index (χ1v) is 8.85. The van der Waals surface area contributed by atoms with Crippen LogP contribution in [0.5, 0.6) is 5.75 Å². The Morgan fingerprint density at radius 3 is 2.78 bits per heavy atom. The molecule has 0 saturated carbocycles. The van der Waals surface area contributed by atoms with Crippen molar-refractivity contribution in [1.29, 1.82) is 0 Å². The van der Waals surface area contributed by atoms with Crippen molar-refractivity contribution < 1.29 is 9.13 Å². The highest BCUT2D eigenvalue weighted by molar-refractivity contribution is 7.12.